The highest BCUT2D eigenvalue weighted by atomic mass is 32.2. The van der Waals surface area contributed by atoms with Crippen LogP contribution in [-0.2, 0) is 11.3 Å². The van der Waals surface area contributed by atoms with Crippen molar-refractivity contribution >= 4 is 29.8 Å². The zero-order valence-corrected chi connectivity index (χ0v) is 35.3. The van der Waals surface area contributed by atoms with Crippen LogP contribution in [0, 0.1) is 22.7 Å². The van der Waals surface area contributed by atoms with Crippen LogP contribution in [0.15, 0.2) is 78.1 Å². The van der Waals surface area contributed by atoms with E-state index in [2.05, 4.69) is 34.0 Å². The van der Waals surface area contributed by atoms with Crippen molar-refractivity contribution in [2.24, 2.45) is 22.7 Å². The highest BCUT2D eigenvalue weighted by Crippen LogP contribution is 2.94. The van der Waals surface area contributed by atoms with Gasteiger partial charge in [-0.15, -0.1) is 5.10 Å². The second kappa shape index (κ2) is 15.6. The van der Waals surface area contributed by atoms with E-state index in [-0.39, 0.29) is 46.8 Å². The smallest absolute Gasteiger partial charge is 0.410 e. The maximum Gasteiger partial charge on any atom is 0.410 e. The molecule has 59 heavy (non-hydrogen) atoms. The lowest BCUT2D eigenvalue weighted by atomic mass is 9.93. The van der Waals surface area contributed by atoms with Gasteiger partial charge in [0.2, 0.25) is 11.7 Å². The first-order valence-electron chi connectivity index (χ1n) is 20.6. The van der Waals surface area contributed by atoms with E-state index < -0.39 is 11.4 Å². The zero-order valence-electron chi connectivity index (χ0n) is 34.4. The highest BCUT2D eigenvalue weighted by molar-refractivity contribution is 7.97. The lowest BCUT2D eigenvalue weighted by Crippen LogP contribution is -2.45. The Morgan fingerprint density at radius 3 is 2.39 bits per heavy atom. The fraction of sp³-hybridized carbons (Fsp3) is 0.523. The highest BCUT2D eigenvalue weighted by Gasteiger charge is 2.90. The number of likely N-dealkylation sites (tertiary alicyclic amines) is 1. The van der Waals surface area contributed by atoms with Gasteiger partial charge in [0, 0.05) is 55.0 Å². The minimum absolute atomic E-state index is 0.122. The molecule has 3 aromatic heterocycles. The van der Waals surface area contributed by atoms with Gasteiger partial charge in [0.1, 0.15) is 23.8 Å². The van der Waals surface area contributed by atoms with Gasteiger partial charge in [0.05, 0.1) is 5.56 Å². The molecule has 1 unspecified atom stereocenters. The van der Waals surface area contributed by atoms with E-state index in [0.29, 0.717) is 53.6 Å². The largest absolute Gasteiger partial charge is 0.485 e. The summed E-state index contributed by atoms with van der Waals surface area (Å²) in [5.41, 5.74) is 0.809. The van der Waals surface area contributed by atoms with Gasteiger partial charge in [0.15, 0.2) is 17.4 Å². The molecule has 314 valence electrons. The molecule has 4 heterocycles. The number of hydrogen-bond donors (Lipinski definition) is 4. The van der Waals surface area contributed by atoms with Crippen molar-refractivity contribution in [2.75, 3.05) is 25.0 Å². The lowest BCUT2D eigenvalue weighted by Gasteiger charge is -2.33. The number of carbonyl (C=O) groups excluding carboxylic acids is 2. The predicted octanol–water partition coefficient (Wildman–Crippen LogP) is 7.16. The van der Waals surface area contributed by atoms with Gasteiger partial charge >= 0.3 is 6.09 Å². The fourth-order valence-corrected chi connectivity index (χ4v) is 9.92. The first-order chi connectivity index (χ1) is 28.1. The van der Waals surface area contributed by atoms with E-state index in [0.717, 1.165) is 62.5 Å². The normalized spacial score (nSPS) is 19.7. The van der Waals surface area contributed by atoms with Crippen LogP contribution in [0.1, 0.15) is 95.5 Å². The van der Waals surface area contributed by atoms with E-state index in [1.807, 2.05) is 62.1 Å². The third kappa shape index (κ3) is 8.87. The first-order valence-corrected chi connectivity index (χ1v) is 21.4. The Hall–Kier alpha value is -4.86. The number of nitrogens with one attached hydrogen (secondary N) is 2. The van der Waals surface area contributed by atoms with Gasteiger partial charge in [-0.05, 0) is 126 Å². The third-order valence-corrected chi connectivity index (χ3v) is 13.0. The molecule has 2 amide bonds. The number of pyridine rings is 2. The number of anilines is 1. The number of rotatable bonds is 16. The average molecular weight is 826 g/mol. The summed E-state index contributed by atoms with van der Waals surface area (Å²) in [6.07, 6.45) is 9.85. The number of hydrogen-bond acceptors (Lipinski definition) is 12. The molecule has 4 aliphatic rings. The number of aliphatic hydroxyl groups is 2. The fourth-order valence-electron chi connectivity index (χ4n) is 9.33. The monoisotopic (exact) mass is 825 g/mol. The van der Waals surface area contributed by atoms with Crippen LogP contribution in [0.2, 0.25) is 0 Å². The summed E-state index contributed by atoms with van der Waals surface area (Å²) in [6, 6.07) is 18.6. The average Bonchev–Trinajstić information content (AvgIpc) is 4.15. The number of benzene rings is 1. The predicted molar refractivity (Wildman–Crippen MR) is 222 cm³/mol. The van der Waals surface area contributed by atoms with Crippen molar-refractivity contribution in [3.63, 3.8) is 0 Å². The number of carbonyl (C=O) groups is 2. The van der Waals surface area contributed by atoms with Crippen molar-refractivity contribution in [3.05, 3.63) is 84.2 Å². The van der Waals surface area contributed by atoms with E-state index in [4.69, 9.17) is 19.2 Å². The first kappa shape index (κ1) is 40.9. The zero-order chi connectivity index (χ0) is 41.6. The summed E-state index contributed by atoms with van der Waals surface area (Å²) < 4.78 is 22.0. The molecule has 2 spiro atoms. The minimum Gasteiger partial charge on any atom is -0.485 e. The molecular weight excluding hydrogens is 771 g/mol. The molecule has 4 fully saturated rings. The molecule has 1 atom stereocenters. The van der Waals surface area contributed by atoms with E-state index in [1.54, 1.807) is 30.5 Å². The Labute approximate surface area is 349 Å². The SMILES string of the molecule is CC(C)(C)OC(=O)N1CC(CCCNc2nc(SNC(=O)c3ccc(-n4ccc(OCC(O)(O)C5C6(CC6)C56CC6)n4)nc3)ccc2OCc2ccccc2)CC1(C)C. The molecule has 4 aromatic rings. The number of fused-ring (bicyclic) bond motifs is 1. The van der Waals surface area contributed by atoms with E-state index in [1.165, 1.54) is 10.9 Å². The summed E-state index contributed by atoms with van der Waals surface area (Å²) in [4.78, 5) is 37.2. The number of aromatic nitrogens is 4. The molecule has 8 rings (SSSR count). The van der Waals surface area contributed by atoms with Crippen molar-refractivity contribution in [1.29, 1.82) is 0 Å². The van der Waals surface area contributed by atoms with Gasteiger partial charge in [0.25, 0.3) is 5.91 Å². The standard InChI is InChI=1S/C44H55N7O7S/c1-40(2,3)58-39(53)50-26-30(24-41(50,4)5)12-9-22-45-36-32(56-27-29-10-7-6-8-11-29)14-16-35(47-36)59-49-37(52)31-13-15-33(46-25-31)51-23-17-34(48-51)57-28-44(54,55)38-42(18-19-42)43(38)20-21-43/h6-8,10-11,13-17,23,25,30,38,54-55H,9,12,18-22,24,26-28H2,1-5H3,(H,45,47)(H,49,52). The molecule has 4 N–H and O–H groups in total. The summed E-state index contributed by atoms with van der Waals surface area (Å²) in [5, 5.41) is 30.1. The molecule has 1 aromatic carbocycles. The van der Waals surface area contributed by atoms with Crippen LogP contribution in [0.5, 0.6) is 11.6 Å². The Kier molecular flexibility index (Phi) is 10.8. The van der Waals surface area contributed by atoms with Crippen LogP contribution < -0.4 is 19.5 Å². The van der Waals surface area contributed by atoms with Crippen LogP contribution in [-0.4, -0.2) is 83.5 Å². The number of nitrogens with zero attached hydrogens (tertiary/aromatic N) is 5. The van der Waals surface area contributed by atoms with E-state index in [9.17, 15) is 19.8 Å². The summed E-state index contributed by atoms with van der Waals surface area (Å²) >= 11 is 1.09. The minimum atomic E-state index is -1.88. The Morgan fingerprint density at radius 2 is 1.71 bits per heavy atom. The maximum atomic E-state index is 13.2. The van der Waals surface area contributed by atoms with Gasteiger partial charge in [-0.2, -0.15) is 0 Å². The van der Waals surface area contributed by atoms with Gasteiger partial charge < -0.3 is 34.6 Å². The van der Waals surface area contributed by atoms with E-state index >= 15 is 0 Å². The molecule has 1 saturated heterocycles. The van der Waals surface area contributed by atoms with Crippen LogP contribution in [0.25, 0.3) is 5.82 Å². The van der Waals surface area contributed by atoms with Gasteiger partial charge in [-0.3, -0.25) is 9.52 Å². The van der Waals surface area contributed by atoms with Crippen molar-refractivity contribution < 1.29 is 34.0 Å². The number of ether oxygens (including phenoxy) is 3. The molecule has 0 radical (unpaired) electrons. The van der Waals surface area contributed by atoms with Gasteiger partial charge in [-0.25, -0.2) is 19.4 Å². The second-order valence-corrected chi connectivity index (χ2v) is 19.1. The third-order valence-electron chi connectivity index (χ3n) is 12.3. The molecule has 1 aliphatic heterocycles. The Balaban J connectivity index is 0.840. The quantitative estimate of drug-likeness (QED) is 0.0511. The van der Waals surface area contributed by atoms with Crippen molar-refractivity contribution in [3.8, 4) is 17.4 Å². The summed E-state index contributed by atoms with van der Waals surface area (Å²) in [5.74, 6) is -0.0874. The van der Waals surface area contributed by atoms with Crippen LogP contribution in [0.3, 0.4) is 0 Å². The molecule has 14 nitrogen and oxygen atoms in total. The Bertz CT molecular complexity index is 2130. The Morgan fingerprint density at radius 1 is 0.966 bits per heavy atom. The molecule has 3 saturated carbocycles. The maximum absolute atomic E-state index is 13.2. The summed E-state index contributed by atoms with van der Waals surface area (Å²) in [7, 11) is 0. The number of amides is 2. The molecular formula is C44H55N7O7S. The van der Waals surface area contributed by atoms with Crippen LogP contribution in [0.4, 0.5) is 10.6 Å². The molecule has 3 aliphatic carbocycles. The van der Waals surface area contributed by atoms with Crippen LogP contribution >= 0.6 is 11.9 Å². The van der Waals surface area contributed by atoms with Gasteiger partial charge in [-0.1, -0.05) is 30.3 Å². The summed E-state index contributed by atoms with van der Waals surface area (Å²) in [6.45, 7) is 11.3. The van der Waals surface area contributed by atoms with Crippen molar-refractivity contribution in [1.82, 2.24) is 29.4 Å². The molecule has 0 bridgehead atoms. The molecule has 15 heteroatoms. The second-order valence-electron chi connectivity index (χ2n) is 18.3. The van der Waals surface area contributed by atoms with Crippen molar-refractivity contribution in [2.45, 2.75) is 108 Å². The topological polar surface area (TPSA) is 173 Å². The lowest BCUT2D eigenvalue weighted by molar-refractivity contribution is -0.203.